The normalized spacial score (nSPS) is 10.6. The predicted octanol–water partition coefficient (Wildman–Crippen LogP) is -1.75. The summed E-state index contributed by atoms with van der Waals surface area (Å²) in [4.78, 5) is 29.6. The Balaban J connectivity index is 2.72. The van der Waals surface area contributed by atoms with Crippen LogP contribution >= 0.6 is 0 Å². The summed E-state index contributed by atoms with van der Waals surface area (Å²) in [6.07, 6.45) is 0. The van der Waals surface area contributed by atoms with Gasteiger partial charge in [0.15, 0.2) is 0 Å². The van der Waals surface area contributed by atoms with E-state index >= 15 is 0 Å². The molecule has 1 N–H and O–H groups in total. The van der Waals surface area contributed by atoms with Gasteiger partial charge in [0.2, 0.25) is 0 Å². The maximum absolute atomic E-state index is 12.2. The van der Waals surface area contributed by atoms with Gasteiger partial charge in [0.25, 0.3) is 0 Å². The SMILES string of the molecule is CN(C)C(=O)c1cc(C(=O)[N]([Rb])[RaH])n2c(O)nnc2n1. The van der Waals surface area contributed by atoms with Gasteiger partial charge in [0.1, 0.15) is 0 Å². The Kier molecular flexibility index (Phi) is 5.73. The number of nitrogens with zero attached hydrogens (tertiary/aromatic N) is 6. The van der Waals surface area contributed by atoms with Gasteiger partial charge in [-0.05, 0) is 0 Å². The Bertz CT molecular complexity index is 700. The summed E-state index contributed by atoms with van der Waals surface area (Å²) in [6.45, 7) is 0. The third-order valence-electron chi connectivity index (χ3n) is 2.61. The molecule has 96 valence electrons. The van der Waals surface area contributed by atoms with Crippen molar-refractivity contribution in [1.82, 2.24) is 18.7 Å². The average Bonchev–Trinajstić information content (AvgIpc) is 2.77. The third-order valence-corrected chi connectivity index (χ3v) is 5.28. The minimum atomic E-state index is -0.408. The first kappa shape index (κ1) is 16.9. The van der Waals surface area contributed by atoms with Crippen molar-refractivity contribution in [3.8, 4) is 6.01 Å². The zero-order valence-electron chi connectivity index (χ0n) is 11.5. The Hall–Kier alpha value is 0.563. The minimum absolute atomic E-state index is 0.0353. The number of rotatable bonds is 2. The van der Waals surface area contributed by atoms with E-state index in [1.165, 1.54) is 11.0 Å². The Morgan fingerprint density at radius 2 is 2.00 bits per heavy atom. The van der Waals surface area contributed by atoms with Crippen molar-refractivity contribution in [2.45, 2.75) is 0 Å². The molecule has 0 atom stereocenters. The second kappa shape index (κ2) is 6.77. The van der Waals surface area contributed by atoms with E-state index in [2.05, 4.69) is 15.2 Å². The number of aromatic nitrogens is 4. The number of aromatic hydroxyl groups is 1. The van der Waals surface area contributed by atoms with Crippen molar-refractivity contribution in [1.29, 1.82) is 0 Å². The van der Waals surface area contributed by atoms with Crippen molar-refractivity contribution in [2.75, 3.05) is 14.1 Å². The number of fused-ring (bicyclic) bond motifs is 1. The van der Waals surface area contributed by atoms with Crippen LogP contribution in [0.5, 0.6) is 6.01 Å². The molecule has 9 nitrogen and oxygen atoms in total. The molecule has 0 aliphatic carbocycles. The zero-order chi connectivity index (χ0) is 15.0. The summed E-state index contributed by atoms with van der Waals surface area (Å²) in [5.41, 5.74) is 0.277. The summed E-state index contributed by atoms with van der Waals surface area (Å²) in [5, 5.41) is 16.8. The van der Waals surface area contributed by atoms with E-state index in [0.717, 1.165) is 4.40 Å². The Labute approximate surface area is 184 Å². The van der Waals surface area contributed by atoms with Crippen molar-refractivity contribution in [3.63, 3.8) is 0 Å². The van der Waals surface area contributed by atoms with Crippen LogP contribution in [0.4, 0.5) is 0 Å². The van der Waals surface area contributed by atoms with Gasteiger partial charge in [-0.2, -0.15) is 0 Å². The molecule has 0 spiro atoms. The molecule has 2 aromatic heterocycles. The monoisotopic (exact) mass is 560 g/mol. The summed E-state index contributed by atoms with van der Waals surface area (Å²) in [7, 11) is 3.19. The summed E-state index contributed by atoms with van der Waals surface area (Å²) < 4.78 is 2.92. The molecular formula is C9H9N6O3RaRb. The molecule has 20 heavy (non-hydrogen) atoms. The first-order valence-corrected chi connectivity index (χ1v) is 11.6. The number of hydrogen-bond donors (Lipinski definition) is 1. The van der Waals surface area contributed by atoms with Crippen molar-refractivity contribution < 1.29 is 57.9 Å². The molecule has 0 saturated carbocycles. The van der Waals surface area contributed by atoms with Gasteiger partial charge in [-0.1, -0.05) is 0 Å². The molecule has 0 aliphatic heterocycles. The van der Waals surface area contributed by atoms with Crippen molar-refractivity contribution >= 4 is 73.6 Å². The summed E-state index contributed by atoms with van der Waals surface area (Å²) in [6, 6.07) is 0.969. The molecule has 0 saturated heterocycles. The summed E-state index contributed by atoms with van der Waals surface area (Å²) >= 11 is -0.0602. The van der Waals surface area contributed by atoms with Crippen molar-refractivity contribution in [2.24, 2.45) is 0 Å². The van der Waals surface area contributed by atoms with Crippen LogP contribution in [0, 0.1) is 43.2 Å². The Morgan fingerprint density at radius 3 is 2.55 bits per heavy atom. The van der Waals surface area contributed by atoms with E-state index in [1.807, 2.05) is 0 Å². The quantitative estimate of drug-likeness (QED) is 0.468. The maximum atomic E-state index is 12.2. The number of hydrogen-bond acceptors (Lipinski definition) is 6. The fourth-order valence-corrected chi connectivity index (χ4v) is 3.12. The topological polar surface area (TPSA) is 104 Å². The second-order valence-electron chi connectivity index (χ2n) is 4.56. The fourth-order valence-electron chi connectivity index (χ4n) is 1.62. The molecule has 0 fully saturated rings. The van der Waals surface area contributed by atoms with Crippen LogP contribution in [-0.2, 0) is 0 Å². The van der Waals surface area contributed by atoms with Crippen LogP contribution in [0.1, 0.15) is 21.0 Å². The van der Waals surface area contributed by atoms with Crippen LogP contribution in [-0.4, -0.2) is 106 Å². The fraction of sp³-hybridized carbons (Fsp3) is 0.222. The zero-order valence-corrected chi connectivity index (χ0v) is 24.7. The molecule has 0 aliphatic rings. The van der Waals surface area contributed by atoms with E-state index in [4.69, 9.17) is 0 Å². The van der Waals surface area contributed by atoms with Gasteiger partial charge in [0, 0.05) is 0 Å². The van der Waals surface area contributed by atoms with Crippen LogP contribution in [0.3, 0.4) is 0 Å². The molecule has 0 aromatic carbocycles. The standard InChI is InChI=1S/C9H8N6O3.Ra.Rb.H/c1-14(2)7(17)4-3-5(6(10)16)15-8(11-4)12-13-9(15)18;;;/h3H,1-2H3,(H,13,18);;;. The van der Waals surface area contributed by atoms with Gasteiger partial charge < -0.3 is 0 Å². The van der Waals surface area contributed by atoms with E-state index in [-0.39, 0.29) is 128 Å². The van der Waals surface area contributed by atoms with Gasteiger partial charge in [-0.25, -0.2) is 0 Å². The molecule has 0 bridgehead atoms. The average molecular weight is 561 g/mol. The van der Waals surface area contributed by atoms with E-state index in [1.54, 1.807) is 8.27 Å². The molecule has 2 heterocycles. The van der Waals surface area contributed by atoms with Crippen LogP contribution in [0.15, 0.2) is 6.07 Å². The number of carbonyl (C=O) groups is 2. The third kappa shape index (κ3) is 3.31. The van der Waals surface area contributed by atoms with Crippen LogP contribution in [0.2, 0.25) is 0 Å². The molecule has 2 amide bonds. The predicted molar refractivity (Wildman–Crippen MR) is 63.8 cm³/mol. The van der Waals surface area contributed by atoms with E-state index in [9.17, 15) is 14.7 Å². The van der Waals surface area contributed by atoms with Gasteiger partial charge in [-0.15, -0.1) is 0 Å². The number of amides is 2. The number of carbonyl (C=O) groups excluding carboxylic acids is 2. The molecule has 11 heteroatoms. The molecule has 2 rings (SSSR count). The Morgan fingerprint density at radius 1 is 1.35 bits per heavy atom. The van der Waals surface area contributed by atoms with E-state index in [0.29, 0.717) is 0 Å². The summed E-state index contributed by atoms with van der Waals surface area (Å²) in [5.74, 6) is -0.508. The van der Waals surface area contributed by atoms with Gasteiger partial charge >= 0.3 is 188 Å². The van der Waals surface area contributed by atoms with Gasteiger partial charge in [0.05, 0.1) is 0 Å². The molecule has 0 radical (unpaired) electrons. The molecule has 2 aromatic rings. The van der Waals surface area contributed by atoms with Gasteiger partial charge in [-0.3, -0.25) is 0 Å². The van der Waals surface area contributed by atoms with Crippen molar-refractivity contribution in [3.05, 3.63) is 17.5 Å². The van der Waals surface area contributed by atoms with Crippen LogP contribution < -0.4 is 0 Å². The van der Waals surface area contributed by atoms with Crippen LogP contribution in [0.25, 0.3) is 5.78 Å². The van der Waals surface area contributed by atoms with E-state index < -0.39 is 6.01 Å². The molecular weight excluding hydrogens is 552 g/mol. The first-order chi connectivity index (χ1) is 9.32. The first-order valence-electron chi connectivity index (χ1n) is 5.71. The second-order valence-corrected chi connectivity index (χ2v) is 31.4. The molecule has 0 unspecified atom stereocenters.